The number of nitrogens with zero attached hydrogens (tertiary/aromatic N) is 1. The fourth-order valence-corrected chi connectivity index (χ4v) is 2.05. The molecule has 2 rings (SSSR count). The van der Waals surface area contributed by atoms with Crippen LogP contribution in [0.15, 0.2) is 46.9 Å². The topological polar surface area (TPSA) is 40.9 Å². The van der Waals surface area contributed by atoms with E-state index in [0.29, 0.717) is 5.56 Å². The normalized spacial score (nSPS) is 11.7. The van der Waals surface area contributed by atoms with Crippen LogP contribution >= 0.6 is 15.9 Å². The molecule has 5 heteroatoms. The third kappa shape index (κ3) is 2.75. The second-order valence-corrected chi connectivity index (χ2v) is 4.99. The van der Waals surface area contributed by atoms with Gasteiger partial charge in [0.25, 0.3) is 0 Å². The van der Waals surface area contributed by atoms with Crippen LogP contribution in [0.3, 0.4) is 0 Å². The van der Waals surface area contributed by atoms with Crippen molar-refractivity contribution in [2.75, 3.05) is 0 Å². The first-order valence-electron chi connectivity index (χ1n) is 5.68. The van der Waals surface area contributed by atoms with Crippen LogP contribution in [0.5, 0.6) is 0 Å². The van der Waals surface area contributed by atoms with E-state index < -0.39 is 28.9 Å². The van der Waals surface area contributed by atoms with Crippen molar-refractivity contribution in [2.45, 2.75) is 5.92 Å². The smallest absolute Gasteiger partial charge is 0.187 e. The summed E-state index contributed by atoms with van der Waals surface area (Å²) in [5, 5.41) is 9.14. The summed E-state index contributed by atoms with van der Waals surface area (Å²) in [6.07, 6.45) is 0. The van der Waals surface area contributed by atoms with Crippen molar-refractivity contribution in [3.05, 3.63) is 69.7 Å². The molecule has 0 spiro atoms. The number of carbonyl (C=O) groups is 1. The Morgan fingerprint density at radius 1 is 1.15 bits per heavy atom. The minimum atomic E-state index is -1.23. The van der Waals surface area contributed by atoms with E-state index in [1.807, 2.05) is 6.07 Å². The number of halogens is 3. The predicted octanol–water partition coefficient (Wildman–Crippen LogP) is 4.22. The molecular weight excluding hydrogens is 328 g/mol. The Kier molecular flexibility index (Phi) is 4.26. The Morgan fingerprint density at radius 3 is 2.40 bits per heavy atom. The molecule has 0 aliphatic carbocycles. The van der Waals surface area contributed by atoms with Crippen LogP contribution in [-0.4, -0.2) is 5.78 Å². The van der Waals surface area contributed by atoms with Gasteiger partial charge in [-0.15, -0.1) is 0 Å². The molecule has 100 valence electrons. The number of nitriles is 1. The standard InChI is InChI=1S/C15H8BrF2NO/c16-10-6-4-9(5-7-10)12(8-19)15(20)11-2-1-3-13(17)14(11)18/h1-7,12H. The summed E-state index contributed by atoms with van der Waals surface area (Å²) in [6, 6.07) is 11.7. The lowest BCUT2D eigenvalue weighted by molar-refractivity contribution is 0.0974. The molecule has 20 heavy (non-hydrogen) atoms. The third-order valence-corrected chi connectivity index (χ3v) is 3.34. The Morgan fingerprint density at radius 2 is 1.80 bits per heavy atom. The zero-order chi connectivity index (χ0) is 14.7. The predicted molar refractivity (Wildman–Crippen MR) is 73.2 cm³/mol. The van der Waals surface area contributed by atoms with Gasteiger partial charge in [-0.05, 0) is 29.8 Å². The molecule has 0 aromatic heterocycles. The number of hydrogen-bond donors (Lipinski definition) is 0. The van der Waals surface area contributed by atoms with E-state index in [9.17, 15) is 13.6 Å². The maximum absolute atomic E-state index is 13.6. The summed E-state index contributed by atoms with van der Waals surface area (Å²) < 4.78 is 27.6. The SMILES string of the molecule is N#CC(C(=O)c1cccc(F)c1F)c1ccc(Br)cc1. The second kappa shape index (κ2) is 5.93. The molecule has 2 nitrogen and oxygen atoms in total. The quantitative estimate of drug-likeness (QED) is 0.788. The summed E-state index contributed by atoms with van der Waals surface area (Å²) in [5.41, 5.74) is 0.0174. The van der Waals surface area contributed by atoms with Crippen LogP contribution in [-0.2, 0) is 0 Å². The molecule has 0 bridgehead atoms. The van der Waals surface area contributed by atoms with Gasteiger partial charge in [0.15, 0.2) is 17.4 Å². The summed E-state index contributed by atoms with van der Waals surface area (Å²) >= 11 is 3.24. The molecule has 2 aromatic rings. The molecule has 0 aliphatic rings. The molecule has 0 radical (unpaired) electrons. The van der Waals surface area contributed by atoms with E-state index >= 15 is 0 Å². The van der Waals surface area contributed by atoms with E-state index in [1.54, 1.807) is 24.3 Å². The largest absolute Gasteiger partial charge is 0.292 e. The molecule has 0 aliphatic heterocycles. The molecule has 0 N–H and O–H groups in total. The van der Waals surface area contributed by atoms with Gasteiger partial charge in [-0.25, -0.2) is 8.78 Å². The van der Waals surface area contributed by atoms with Crippen LogP contribution in [0.4, 0.5) is 8.78 Å². The van der Waals surface area contributed by atoms with Gasteiger partial charge in [0, 0.05) is 4.47 Å². The van der Waals surface area contributed by atoms with E-state index in [1.165, 1.54) is 12.1 Å². The molecule has 0 saturated carbocycles. The maximum Gasteiger partial charge on any atom is 0.187 e. The summed E-state index contributed by atoms with van der Waals surface area (Å²) in [7, 11) is 0. The maximum atomic E-state index is 13.6. The molecular formula is C15H8BrF2NO. The molecule has 0 saturated heterocycles. The molecule has 1 atom stereocenters. The number of ketones is 1. The van der Waals surface area contributed by atoms with E-state index in [4.69, 9.17) is 5.26 Å². The second-order valence-electron chi connectivity index (χ2n) is 4.08. The highest BCUT2D eigenvalue weighted by atomic mass is 79.9. The van der Waals surface area contributed by atoms with Crippen molar-refractivity contribution >= 4 is 21.7 Å². The average molecular weight is 336 g/mol. The highest BCUT2D eigenvalue weighted by Gasteiger charge is 2.25. The van der Waals surface area contributed by atoms with Gasteiger partial charge in [0.05, 0.1) is 11.6 Å². The Balaban J connectivity index is 2.42. The zero-order valence-electron chi connectivity index (χ0n) is 10.1. The zero-order valence-corrected chi connectivity index (χ0v) is 11.7. The number of rotatable bonds is 3. The van der Waals surface area contributed by atoms with Crippen LogP contribution in [0.2, 0.25) is 0 Å². The van der Waals surface area contributed by atoms with Gasteiger partial charge in [-0.2, -0.15) is 5.26 Å². The van der Waals surface area contributed by atoms with Gasteiger partial charge in [-0.1, -0.05) is 34.1 Å². The van der Waals surface area contributed by atoms with E-state index in [2.05, 4.69) is 15.9 Å². The highest BCUT2D eigenvalue weighted by Crippen LogP contribution is 2.24. The molecule has 2 aromatic carbocycles. The Hall–Kier alpha value is -2.06. The van der Waals surface area contributed by atoms with Gasteiger partial charge >= 0.3 is 0 Å². The van der Waals surface area contributed by atoms with Gasteiger partial charge in [-0.3, -0.25) is 4.79 Å². The molecule has 0 amide bonds. The fourth-order valence-electron chi connectivity index (χ4n) is 1.79. The van der Waals surface area contributed by atoms with Crippen LogP contribution < -0.4 is 0 Å². The van der Waals surface area contributed by atoms with E-state index in [-0.39, 0.29) is 0 Å². The number of benzene rings is 2. The molecule has 0 fully saturated rings. The summed E-state index contributed by atoms with van der Waals surface area (Å²) in [6.45, 7) is 0. The van der Waals surface area contributed by atoms with Crippen LogP contribution in [0, 0.1) is 23.0 Å². The minimum absolute atomic E-state index is 0.417. The first kappa shape index (κ1) is 14.4. The third-order valence-electron chi connectivity index (χ3n) is 2.81. The van der Waals surface area contributed by atoms with E-state index in [0.717, 1.165) is 10.5 Å². The Labute approximate surface area is 122 Å². The van der Waals surface area contributed by atoms with Gasteiger partial charge < -0.3 is 0 Å². The summed E-state index contributed by atoms with van der Waals surface area (Å²) in [5.74, 6) is -4.26. The number of hydrogen-bond acceptors (Lipinski definition) is 2. The lowest BCUT2D eigenvalue weighted by Gasteiger charge is -2.09. The lowest BCUT2D eigenvalue weighted by Crippen LogP contribution is -2.13. The van der Waals surface area contributed by atoms with Crippen molar-refractivity contribution in [3.63, 3.8) is 0 Å². The van der Waals surface area contributed by atoms with Crippen molar-refractivity contribution in [1.82, 2.24) is 0 Å². The summed E-state index contributed by atoms with van der Waals surface area (Å²) in [4.78, 5) is 12.2. The van der Waals surface area contributed by atoms with Gasteiger partial charge in [0.1, 0.15) is 5.92 Å². The van der Waals surface area contributed by atoms with Gasteiger partial charge in [0.2, 0.25) is 0 Å². The van der Waals surface area contributed by atoms with Crippen molar-refractivity contribution in [3.8, 4) is 6.07 Å². The molecule has 0 heterocycles. The highest BCUT2D eigenvalue weighted by molar-refractivity contribution is 9.10. The van der Waals surface area contributed by atoms with Crippen molar-refractivity contribution < 1.29 is 13.6 Å². The van der Waals surface area contributed by atoms with Crippen LogP contribution in [0.1, 0.15) is 21.8 Å². The van der Waals surface area contributed by atoms with Crippen molar-refractivity contribution in [1.29, 1.82) is 5.26 Å². The molecule has 1 unspecified atom stereocenters. The first-order valence-corrected chi connectivity index (χ1v) is 6.47. The van der Waals surface area contributed by atoms with Crippen molar-refractivity contribution in [2.24, 2.45) is 0 Å². The average Bonchev–Trinajstić information content (AvgIpc) is 2.44. The van der Waals surface area contributed by atoms with Crippen LogP contribution in [0.25, 0.3) is 0 Å². The monoisotopic (exact) mass is 335 g/mol. The number of Topliss-reactive ketones (excluding diaryl/α,β-unsaturated/α-hetero) is 1. The number of carbonyl (C=O) groups excluding carboxylic acids is 1. The Bertz CT molecular complexity index is 692. The fraction of sp³-hybridized carbons (Fsp3) is 0.0667. The minimum Gasteiger partial charge on any atom is -0.292 e. The first-order chi connectivity index (χ1) is 9.54. The lowest BCUT2D eigenvalue weighted by atomic mass is 9.91.